The summed E-state index contributed by atoms with van der Waals surface area (Å²) in [5.41, 5.74) is 0.0386. The van der Waals surface area contributed by atoms with Crippen molar-refractivity contribution >= 4 is 16.7 Å². The highest BCUT2D eigenvalue weighted by atomic mass is 32.1. The van der Waals surface area contributed by atoms with E-state index >= 15 is 0 Å². The molecule has 0 amide bonds. The number of aromatic nitrogens is 4. The summed E-state index contributed by atoms with van der Waals surface area (Å²) in [6.07, 6.45) is 9.18. The summed E-state index contributed by atoms with van der Waals surface area (Å²) in [6.45, 7) is 2.77. The van der Waals surface area contributed by atoms with Gasteiger partial charge >= 0.3 is 0 Å². The van der Waals surface area contributed by atoms with Crippen molar-refractivity contribution in [1.82, 2.24) is 18.9 Å². The molecule has 0 radical (unpaired) electrons. The third-order valence-corrected chi connectivity index (χ3v) is 5.82. The van der Waals surface area contributed by atoms with E-state index in [2.05, 4.69) is 14.3 Å². The fraction of sp³-hybridized carbons (Fsp3) is 0.625. The van der Waals surface area contributed by atoms with Crippen LogP contribution in [0.3, 0.4) is 0 Å². The average molecular weight is 331 g/mol. The predicted octanol–water partition coefficient (Wildman–Crippen LogP) is 2.28. The van der Waals surface area contributed by atoms with Gasteiger partial charge in [0.25, 0.3) is 5.56 Å². The van der Waals surface area contributed by atoms with E-state index in [0.29, 0.717) is 11.8 Å². The lowest BCUT2D eigenvalue weighted by Gasteiger charge is -2.31. The van der Waals surface area contributed by atoms with Gasteiger partial charge in [-0.2, -0.15) is 4.37 Å². The maximum Gasteiger partial charge on any atom is 0.253 e. The first-order chi connectivity index (χ1) is 11.3. The second-order valence-corrected chi connectivity index (χ2v) is 7.29. The molecule has 1 aliphatic carbocycles. The van der Waals surface area contributed by atoms with Gasteiger partial charge in [-0.3, -0.25) is 9.36 Å². The van der Waals surface area contributed by atoms with Crippen molar-refractivity contribution in [3.63, 3.8) is 0 Å². The Morgan fingerprint density at radius 2 is 2.04 bits per heavy atom. The van der Waals surface area contributed by atoms with Gasteiger partial charge in [-0.05, 0) is 31.6 Å². The highest BCUT2D eigenvalue weighted by Gasteiger charge is 2.26. The Morgan fingerprint density at radius 1 is 1.22 bits per heavy atom. The summed E-state index contributed by atoms with van der Waals surface area (Å²) < 4.78 is 6.27. The summed E-state index contributed by atoms with van der Waals surface area (Å²) in [5.74, 6) is 2.20. The van der Waals surface area contributed by atoms with Crippen LogP contribution in [-0.2, 0) is 6.54 Å². The molecule has 2 aromatic rings. The van der Waals surface area contributed by atoms with Crippen LogP contribution in [0.15, 0.2) is 23.4 Å². The highest BCUT2D eigenvalue weighted by molar-refractivity contribution is 7.09. The van der Waals surface area contributed by atoms with Crippen LogP contribution < -0.4 is 10.5 Å². The standard InChI is InChI=1S/C16H21N5OS/c22-14-4-7-17-11-21(14)10-12-5-8-20(9-6-12)16-18-15(19-23-16)13-2-1-3-13/h4,7,11-13H,1-3,5-6,8-10H2. The molecule has 2 aliphatic rings. The molecule has 0 unspecified atom stereocenters. The van der Waals surface area contributed by atoms with Crippen molar-refractivity contribution in [3.05, 3.63) is 34.8 Å². The largest absolute Gasteiger partial charge is 0.347 e. The minimum Gasteiger partial charge on any atom is -0.347 e. The zero-order chi connectivity index (χ0) is 15.6. The van der Waals surface area contributed by atoms with E-state index in [-0.39, 0.29) is 5.56 Å². The summed E-state index contributed by atoms with van der Waals surface area (Å²) in [7, 11) is 0. The van der Waals surface area contributed by atoms with Gasteiger partial charge in [0.05, 0.1) is 6.33 Å². The van der Waals surface area contributed by atoms with Crippen molar-refractivity contribution in [2.24, 2.45) is 5.92 Å². The molecular weight excluding hydrogens is 310 g/mol. The zero-order valence-corrected chi connectivity index (χ0v) is 13.9. The molecule has 0 spiro atoms. The topological polar surface area (TPSA) is 63.9 Å². The van der Waals surface area contributed by atoms with E-state index < -0.39 is 0 Å². The Bertz CT molecular complexity index is 715. The van der Waals surface area contributed by atoms with Crippen LogP contribution in [0.25, 0.3) is 0 Å². The second-order valence-electron chi connectivity index (χ2n) is 6.56. The molecule has 7 heteroatoms. The van der Waals surface area contributed by atoms with Gasteiger partial charge in [0.15, 0.2) is 0 Å². The third-order valence-electron chi connectivity index (χ3n) is 5.03. The number of hydrogen-bond acceptors (Lipinski definition) is 6. The van der Waals surface area contributed by atoms with Crippen LogP contribution in [-0.4, -0.2) is 32.0 Å². The van der Waals surface area contributed by atoms with Gasteiger partial charge < -0.3 is 4.90 Å². The first-order valence-corrected chi connectivity index (χ1v) is 9.16. The van der Waals surface area contributed by atoms with Crippen LogP contribution in [0.5, 0.6) is 0 Å². The second kappa shape index (κ2) is 6.39. The van der Waals surface area contributed by atoms with Gasteiger partial charge in [0, 0.05) is 49.3 Å². The quantitative estimate of drug-likeness (QED) is 0.860. The molecular formula is C16H21N5OS. The van der Waals surface area contributed by atoms with Crippen molar-refractivity contribution in [3.8, 4) is 0 Å². The molecule has 1 saturated carbocycles. The van der Waals surface area contributed by atoms with Crippen molar-refractivity contribution in [2.45, 2.75) is 44.6 Å². The van der Waals surface area contributed by atoms with Crippen molar-refractivity contribution in [2.75, 3.05) is 18.0 Å². The summed E-state index contributed by atoms with van der Waals surface area (Å²) >= 11 is 1.54. The Morgan fingerprint density at radius 3 is 2.74 bits per heavy atom. The molecule has 1 aliphatic heterocycles. The first kappa shape index (κ1) is 14.8. The molecule has 122 valence electrons. The van der Waals surface area contributed by atoms with Gasteiger partial charge in [0.2, 0.25) is 5.13 Å². The van der Waals surface area contributed by atoms with Gasteiger partial charge in [-0.25, -0.2) is 9.97 Å². The van der Waals surface area contributed by atoms with Crippen molar-refractivity contribution < 1.29 is 0 Å². The summed E-state index contributed by atoms with van der Waals surface area (Å²) in [6, 6.07) is 1.53. The van der Waals surface area contributed by atoms with Crippen LogP contribution in [0.2, 0.25) is 0 Å². The number of hydrogen-bond donors (Lipinski definition) is 0. The molecule has 0 bridgehead atoms. The molecule has 3 heterocycles. The Hall–Kier alpha value is -1.76. The lowest BCUT2D eigenvalue weighted by Crippen LogP contribution is -2.36. The molecule has 2 fully saturated rings. The molecule has 2 aromatic heterocycles. The summed E-state index contributed by atoms with van der Waals surface area (Å²) in [5, 5.41) is 1.07. The third kappa shape index (κ3) is 3.15. The minimum atomic E-state index is 0.0386. The Labute approximate surface area is 139 Å². The molecule has 0 aromatic carbocycles. The van der Waals surface area contributed by atoms with E-state index in [4.69, 9.17) is 4.98 Å². The Kier molecular flexibility index (Phi) is 4.11. The lowest BCUT2D eigenvalue weighted by molar-refractivity contribution is 0.350. The van der Waals surface area contributed by atoms with Crippen LogP contribution in [0.1, 0.15) is 43.8 Å². The number of nitrogens with zero attached hydrogens (tertiary/aromatic N) is 5. The van der Waals surface area contributed by atoms with Crippen LogP contribution in [0.4, 0.5) is 5.13 Å². The smallest absolute Gasteiger partial charge is 0.253 e. The van der Waals surface area contributed by atoms with Gasteiger partial charge in [-0.15, -0.1) is 0 Å². The van der Waals surface area contributed by atoms with E-state index in [1.54, 1.807) is 28.6 Å². The number of anilines is 1. The van der Waals surface area contributed by atoms with Gasteiger partial charge in [0.1, 0.15) is 5.82 Å². The highest BCUT2D eigenvalue weighted by Crippen LogP contribution is 2.36. The van der Waals surface area contributed by atoms with Crippen LogP contribution in [0, 0.1) is 5.92 Å². The average Bonchev–Trinajstić information content (AvgIpc) is 2.98. The first-order valence-electron chi connectivity index (χ1n) is 8.38. The monoisotopic (exact) mass is 331 g/mol. The molecule has 4 rings (SSSR count). The predicted molar refractivity (Wildman–Crippen MR) is 89.9 cm³/mol. The molecule has 6 nitrogen and oxygen atoms in total. The fourth-order valence-electron chi connectivity index (χ4n) is 3.29. The normalized spacial score (nSPS) is 19.7. The van der Waals surface area contributed by atoms with Crippen LogP contribution >= 0.6 is 11.5 Å². The SMILES string of the molecule is O=c1ccncn1CC1CCN(c2nc(C3CCC3)ns2)CC1. The maximum absolute atomic E-state index is 11.8. The minimum absolute atomic E-state index is 0.0386. The number of rotatable bonds is 4. The number of piperidine rings is 1. The van der Waals surface area contributed by atoms with E-state index in [0.717, 1.165) is 43.4 Å². The molecule has 0 N–H and O–H groups in total. The zero-order valence-electron chi connectivity index (χ0n) is 13.1. The summed E-state index contributed by atoms with van der Waals surface area (Å²) in [4.78, 5) is 22.9. The van der Waals surface area contributed by atoms with E-state index in [1.165, 1.54) is 25.3 Å². The lowest BCUT2D eigenvalue weighted by atomic mass is 9.85. The fourth-order valence-corrected chi connectivity index (χ4v) is 4.09. The maximum atomic E-state index is 11.8. The molecule has 0 atom stereocenters. The Balaban J connectivity index is 1.34. The van der Waals surface area contributed by atoms with E-state index in [9.17, 15) is 4.79 Å². The van der Waals surface area contributed by atoms with Crippen molar-refractivity contribution in [1.29, 1.82) is 0 Å². The molecule has 1 saturated heterocycles. The molecule has 23 heavy (non-hydrogen) atoms. The van der Waals surface area contributed by atoms with E-state index in [1.807, 2.05) is 0 Å². The van der Waals surface area contributed by atoms with Gasteiger partial charge in [-0.1, -0.05) is 6.42 Å².